The molecular formula is C14H14ClFN2O. The minimum Gasteiger partial charge on any atom is -0.495 e. The molecule has 2 aromatic carbocycles. The second kappa shape index (κ2) is 5.80. The number of rotatable bonds is 4. The SMILES string of the molecule is COc1cc(NCc2ccc(F)cc2)c(N)cc1Cl. The average molecular weight is 281 g/mol. The molecule has 0 radical (unpaired) electrons. The minimum absolute atomic E-state index is 0.253. The Balaban J connectivity index is 2.13. The van der Waals surface area contributed by atoms with Crippen LogP contribution in [0.15, 0.2) is 36.4 Å². The van der Waals surface area contributed by atoms with E-state index in [-0.39, 0.29) is 5.82 Å². The van der Waals surface area contributed by atoms with Gasteiger partial charge in [-0.25, -0.2) is 4.39 Å². The maximum Gasteiger partial charge on any atom is 0.139 e. The van der Waals surface area contributed by atoms with Gasteiger partial charge in [0.25, 0.3) is 0 Å². The van der Waals surface area contributed by atoms with Crippen molar-refractivity contribution < 1.29 is 9.13 Å². The molecule has 0 fully saturated rings. The van der Waals surface area contributed by atoms with Gasteiger partial charge in [-0.05, 0) is 23.8 Å². The molecule has 0 saturated heterocycles. The van der Waals surface area contributed by atoms with E-state index in [1.807, 2.05) is 0 Å². The van der Waals surface area contributed by atoms with Crippen LogP contribution in [0.25, 0.3) is 0 Å². The lowest BCUT2D eigenvalue weighted by Gasteiger charge is -2.12. The summed E-state index contributed by atoms with van der Waals surface area (Å²) in [5.41, 5.74) is 8.09. The lowest BCUT2D eigenvalue weighted by Crippen LogP contribution is -2.03. The van der Waals surface area contributed by atoms with Gasteiger partial charge in [0, 0.05) is 12.6 Å². The number of ether oxygens (including phenoxy) is 1. The van der Waals surface area contributed by atoms with Crippen molar-refractivity contribution in [2.24, 2.45) is 0 Å². The van der Waals surface area contributed by atoms with Crippen LogP contribution in [0.3, 0.4) is 0 Å². The number of halogens is 2. The Morgan fingerprint density at radius 3 is 2.58 bits per heavy atom. The zero-order valence-corrected chi connectivity index (χ0v) is 11.2. The van der Waals surface area contributed by atoms with Crippen LogP contribution in [-0.2, 0) is 6.54 Å². The highest BCUT2D eigenvalue weighted by molar-refractivity contribution is 6.32. The molecule has 0 aromatic heterocycles. The normalized spacial score (nSPS) is 10.3. The van der Waals surface area contributed by atoms with Gasteiger partial charge in [-0.1, -0.05) is 23.7 Å². The number of methoxy groups -OCH3 is 1. The van der Waals surface area contributed by atoms with Crippen LogP contribution in [0.5, 0.6) is 5.75 Å². The highest BCUT2D eigenvalue weighted by atomic mass is 35.5. The Kier molecular flexibility index (Phi) is 4.12. The molecule has 19 heavy (non-hydrogen) atoms. The van der Waals surface area contributed by atoms with E-state index in [1.165, 1.54) is 12.1 Å². The predicted molar refractivity (Wildman–Crippen MR) is 76.1 cm³/mol. The Labute approximate surface area is 116 Å². The number of benzene rings is 2. The van der Waals surface area contributed by atoms with E-state index in [9.17, 15) is 4.39 Å². The van der Waals surface area contributed by atoms with Crippen molar-refractivity contribution in [1.29, 1.82) is 0 Å². The number of hydrogen-bond acceptors (Lipinski definition) is 3. The van der Waals surface area contributed by atoms with Gasteiger partial charge in [0.05, 0.1) is 23.5 Å². The summed E-state index contributed by atoms with van der Waals surface area (Å²) >= 11 is 5.96. The van der Waals surface area contributed by atoms with E-state index in [0.717, 1.165) is 11.3 Å². The predicted octanol–water partition coefficient (Wildman–Crippen LogP) is 3.68. The molecule has 0 unspecified atom stereocenters. The van der Waals surface area contributed by atoms with Crippen molar-refractivity contribution >= 4 is 23.0 Å². The van der Waals surface area contributed by atoms with Crippen LogP contribution in [0.2, 0.25) is 5.02 Å². The number of nitrogen functional groups attached to an aromatic ring is 1. The van der Waals surface area contributed by atoms with E-state index in [0.29, 0.717) is 23.0 Å². The van der Waals surface area contributed by atoms with E-state index < -0.39 is 0 Å². The quantitative estimate of drug-likeness (QED) is 0.840. The van der Waals surface area contributed by atoms with E-state index in [2.05, 4.69) is 5.32 Å². The molecule has 2 aromatic rings. The van der Waals surface area contributed by atoms with Crippen LogP contribution < -0.4 is 15.8 Å². The minimum atomic E-state index is -0.253. The van der Waals surface area contributed by atoms with Crippen molar-refractivity contribution in [2.45, 2.75) is 6.54 Å². The van der Waals surface area contributed by atoms with Gasteiger partial charge >= 0.3 is 0 Å². The van der Waals surface area contributed by atoms with Crippen LogP contribution in [0, 0.1) is 5.82 Å². The Bertz CT molecular complexity index is 572. The number of nitrogens with two attached hydrogens (primary N) is 1. The molecule has 0 aliphatic carbocycles. The first-order valence-corrected chi connectivity index (χ1v) is 6.09. The molecule has 2 rings (SSSR count). The molecule has 0 amide bonds. The van der Waals surface area contributed by atoms with Crippen molar-refractivity contribution in [3.8, 4) is 5.75 Å². The van der Waals surface area contributed by atoms with Crippen LogP contribution in [0.1, 0.15) is 5.56 Å². The molecule has 3 nitrogen and oxygen atoms in total. The molecule has 0 heterocycles. The number of hydrogen-bond donors (Lipinski definition) is 2. The number of anilines is 2. The first kappa shape index (κ1) is 13.5. The molecule has 0 bridgehead atoms. The molecule has 3 N–H and O–H groups in total. The molecule has 0 spiro atoms. The van der Waals surface area contributed by atoms with E-state index >= 15 is 0 Å². The molecule has 0 saturated carbocycles. The summed E-state index contributed by atoms with van der Waals surface area (Å²) in [5.74, 6) is 0.300. The molecular weight excluding hydrogens is 267 g/mol. The third-order valence-electron chi connectivity index (χ3n) is 2.72. The highest BCUT2D eigenvalue weighted by Crippen LogP contribution is 2.32. The second-order valence-corrected chi connectivity index (χ2v) is 4.46. The summed E-state index contributed by atoms with van der Waals surface area (Å²) in [6.45, 7) is 0.537. The molecule has 0 aliphatic rings. The lowest BCUT2D eigenvalue weighted by atomic mass is 10.2. The van der Waals surface area contributed by atoms with E-state index in [4.69, 9.17) is 22.1 Å². The van der Waals surface area contributed by atoms with Crippen molar-refractivity contribution in [1.82, 2.24) is 0 Å². The molecule has 0 atom stereocenters. The van der Waals surface area contributed by atoms with Crippen LogP contribution in [-0.4, -0.2) is 7.11 Å². The fourth-order valence-electron chi connectivity index (χ4n) is 1.68. The summed E-state index contributed by atoms with van der Waals surface area (Å²) in [5, 5.41) is 3.63. The zero-order valence-electron chi connectivity index (χ0n) is 10.4. The van der Waals surface area contributed by atoms with Crippen molar-refractivity contribution in [3.63, 3.8) is 0 Å². The lowest BCUT2D eigenvalue weighted by molar-refractivity contribution is 0.415. The van der Waals surface area contributed by atoms with Crippen molar-refractivity contribution in [2.75, 3.05) is 18.2 Å². The maximum atomic E-state index is 12.8. The first-order chi connectivity index (χ1) is 9.10. The Morgan fingerprint density at radius 1 is 1.26 bits per heavy atom. The summed E-state index contributed by atoms with van der Waals surface area (Å²) in [7, 11) is 1.54. The maximum absolute atomic E-state index is 12.8. The third-order valence-corrected chi connectivity index (χ3v) is 3.02. The monoisotopic (exact) mass is 280 g/mol. The van der Waals surface area contributed by atoms with Crippen LogP contribution >= 0.6 is 11.6 Å². The zero-order chi connectivity index (χ0) is 13.8. The number of nitrogens with one attached hydrogen (secondary N) is 1. The smallest absolute Gasteiger partial charge is 0.139 e. The van der Waals surface area contributed by atoms with Gasteiger partial charge < -0.3 is 15.8 Å². The highest BCUT2D eigenvalue weighted by Gasteiger charge is 2.06. The summed E-state index contributed by atoms with van der Waals surface area (Å²) in [6, 6.07) is 9.64. The van der Waals surface area contributed by atoms with Gasteiger partial charge in [-0.15, -0.1) is 0 Å². The summed E-state index contributed by atoms with van der Waals surface area (Å²) in [4.78, 5) is 0. The first-order valence-electron chi connectivity index (χ1n) is 5.71. The Morgan fingerprint density at radius 2 is 1.95 bits per heavy atom. The summed E-state index contributed by atoms with van der Waals surface area (Å²) < 4.78 is 17.9. The second-order valence-electron chi connectivity index (χ2n) is 4.05. The largest absolute Gasteiger partial charge is 0.495 e. The molecule has 5 heteroatoms. The van der Waals surface area contributed by atoms with Gasteiger partial charge in [0.15, 0.2) is 0 Å². The Hall–Kier alpha value is -1.94. The fraction of sp³-hybridized carbons (Fsp3) is 0.143. The fourth-order valence-corrected chi connectivity index (χ4v) is 1.93. The molecule has 100 valence electrons. The average Bonchev–Trinajstić information content (AvgIpc) is 2.40. The van der Waals surface area contributed by atoms with E-state index in [1.54, 1.807) is 31.4 Å². The van der Waals surface area contributed by atoms with Crippen molar-refractivity contribution in [3.05, 3.63) is 52.8 Å². The summed E-state index contributed by atoms with van der Waals surface area (Å²) in [6.07, 6.45) is 0. The molecule has 0 aliphatic heterocycles. The van der Waals surface area contributed by atoms with Crippen LogP contribution in [0.4, 0.5) is 15.8 Å². The topological polar surface area (TPSA) is 47.3 Å². The van der Waals surface area contributed by atoms with Gasteiger partial charge in [-0.2, -0.15) is 0 Å². The third kappa shape index (κ3) is 3.29. The van der Waals surface area contributed by atoms with Gasteiger partial charge in [0.2, 0.25) is 0 Å². The van der Waals surface area contributed by atoms with Gasteiger partial charge in [0.1, 0.15) is 11.6 Å². The standard InChI is InChI=1S/C14H14ClFN2O/c1-19-14-7-13(12(17)6-11(14)15)18-8-9-2-4-10(16)5-3-9/h2-7,18H,8,17H2,1H3. The van der Waals surface area contributed by atoms with Gasteiger partial charge in [-0.3, -0.25) is 0 Å².